The minimum absolute atomic E-state index is 0.0465. The van der Waals surface area contributed by atoms with E-state index < -0.39 is 46.9 Å². The molecule has 0 fully saturated rings. The first-order chi connectivity index (χ1) is 26.0. The molecule has 15 heteroatoms. The van der Waals surface area contributed by atoms with Gasteiger partial charge in [-0.25, -0.2) is 0 Å². The van der Waals surface area contributed by atoms with E-state index in [-0.39, 0.29) is 57.9 Å². The third kappa shape index (κ3) is 16.7. The number of ether oxygens (including phenoxy) is 4. The van der Waals surface area contributed by atoms with Crippen LogP contribution in [0.5, 0.6) is 0 Å². The Morgan fingerprint density at radius 3 is 1.53 bits per heavy atom. The van der Waals surface area contributed by atoms with Crippen molar-refractivity contribution in [1.82, 2.24) is 10.3 Å². The second kappa shape index (κ2) is 21.5. The van der Waals surface area contributed by atoms with E-state index >= 15 is 0 Å². The first-order valence-corrected chi connectivity index (χ1v) is 18.7. The molecular formula is C40H49IN2O12. The Morgan fingerprint density at radius 1 is 0.655 bits per heavy atom. The zero-order chi connectivity index (χ0) is 40.6. The number of hydrogen-bond donors (Lipinski definition) is 2. The van der Waals surface area contributed by atoms with E-state index in [0.717, 1.165) is 11.1 Å². The Kier molecular flexibility index (Phi) is 17.5. The van der Waals surface area contributed by atoms with E-state index in [1.165, 1.54) is 6.07 Å². The fourth-order valence-corrected chi connectivity index (χ4v) is 5.79. The number of carbonyl (C=O) groups excluding carboxylic acids is 4. The number of nitrogens with zero attached hydrogens (tertiary/aromatic N) is 2. The molecule has 0 amide bonds. The standard InChI is InChI=1S/C20H24INO6.C20H25NO6/c1-20(2,3)27-17(25)10-14(19-18(21)15(11-23)28-22-19)9-16(24)26-12-13-7-5-4-6-8-13;1-20(2,3)26-19(24)10-15(17-11-16(12-22)27-21-17)9-18(23)25-13-14-7-5-4-6-8-14/h4-8,14,23H,9-12H2,1-3H3;4-8,11,15,22H,9-10,12-13H2,1-3H3/t14-;15-/m11/s1. The van der Waals surface area contributed by atoms with Crippen molar-refractivity contribution in [3.8, 4) is 0 Å². The quantitative estimate of drug-likeness (QED) is 0.0674. The van der Waals surface area contributed by atoms with Gasteiger partial charge in [0.2, 0.25) is 0 Å². The molecule has 2 heterocycles. The molecule has 0 unspecified atom stereocenters. The summed E-state index contributed by atoms with van der Waals surface area (Å²) in [5.74, 6) is -2.39. The molecule has 0 spiro atoms. The summed E-state index contributed by atoms with van der Waals surface area (Å²) in [4.78, 5) is 49.1. The van der Waals surface area contributed by atoms with Crippen LogP contribution in [0.2, 0.25) is 0 Å². The number of benzene rings is 2. The molecule has 2 aromatic heterocycles. The van der Waals surface area contributed by atoms with Crippen molar-refractivity contribution in [2.24, 2.45) is 0 Å². The molecule has 0 radical (unpaired) electrons. The minimum Gasteiger partial charge on any atom is -0.461 e. The van der Waals surface area contributed by atoms with Crippen molar-refractivity contribution in [3.63, 3.8) is 0 Å². The highest BCUT2D eigenvalue weighted by Gasteiger charge is 2.30. The fraction of sp³-hybridized carbons (Fsp3) is 0.450. The summed E-state index contributed by atoms with van der Waals surface area (Å²) >= 11 is 1.98. The summed E-state index contributed by atoms with van der Waals surface area (Å²) in [6.45, 7) is 10.3. The Bertz CT molecular complexity index is 1810. The molecular weight excluding hydrogens is 827 g/mol. The Morgan fingerprint density at radius 2 is 1.11 bits per heavy atom. The fourth-order valence-electron chi connectivity index (χ4n) is 4.99. The maximum Gasteiger partial charge on any atom is 0.307 e. The normalized spacial score (nSPS) is 12.5. The van der Waals surface area contributed by atoms with Gasteiger partial charge in [-0.3, -0.25) is 19.2 Å². The van der Waals surface area contributed by atoms with Gasteiger partial charge in [-0.05, 0) is 75.3 Å². The van der Waals surface area contributed by atoms with Crippen LogP contribution in [-0.4, -0.2) is 55.6 Å². The molecule has 2 N–H and O–H groups in total. The van der Waals surface area contributed by atoms with E-state index in [1.807, 2.05) is 83.3 Å². The number of aliphatic hydroxyl groups is 2. The molecule has 298 valence electrons. The minimum atomic E-state index is -0.636. The Hall–Kier alpha value is -4.61. The van der Waals surface area contributed by atoms with Crippen molar-refractivity contribution in [1.29, 1.82) is 0 Å². The molecule has 0 saturated heterocycles. The highest BCUT2D eigenvalue weighted by Crippen LogP contribution is 2.31. The summed E-state index contributed by atoms with van der Waals surface area (Å²) in [5.41, 5.74) is 1.32. The van der Waals surface area contributed by atoms with Crippen LogP contribution in [0, 0.1) is 3.57 Å². The van der Waals surface area contributed by atoms with Gasteiger partial charge in [0.1, 0.15) is 43.3 Å². The van der Waals surface area contributed by atoms with E-state index in [1.54, 1.807) is 41.5 Å². The lowest BCUT2D eigenvalue weighted by molar-refractivity contribution is -0.157. The monoisotopic (exact) mass is 876 g/mol. The molecule has 4 aromatic rings. The summed E-state index contributed by atoms with van der Waals surface area (Å²) in [6, 6.07) is 20.2. The number of aromatic nitrogens is 2. The molecule has 4 rings (SSSR count). The van der Waals surface area contributed by atoms with Crippen LogP contribution in [0.15, 0.2) is 75.8 Å². The van der Waals surface area contributed by atoms with E-state index in [2.05, 4.69) is 10.3 Å². The van der Waals surface area contributed by atoms with Gasteiger partial charge in [-0.2, -0.15) is 0 Å². The van der Waals surface area contributed by atoms with Gasteiger partial charge in [0.25, 0.3) is 0 Å². The summed E-state index contributed by atoms with van der Waals surface area (Å²) in [5, 5.41) is 26.3. The lowest BCUT2D eigenvalue weighted by Gasteiger charge is -2.21. The van der Waals surface area contributed by atoms with E-state index in [9.17, 15) is 24.3 Å². The molecule has 2 aromatic carbocycles. The zero-order valence-corrected chi connectivity index (χ0v) is 34.1. The second-order valence-electron chi connectivity index (χ2n) is 14.5. The molecule has 14 nitrogen and oxygen atoms in total. The molecule has 0 aliphatic carbocycles. The maximum absolute atomic E-state index is 12.4. The maximum atomic E-state index is 12.4. The van der Waals surface area contributed by atoms with Gasteiger partial charge < -0.3 is 38.2 Å². The third-order valence-electron chi connectivity index (χ3n) is 7.38. The van der Waals surface area contributed by atoms with Crippen molar-refractivity contribution in [2.45, 2.75) is 117 Å². The van der Waals surface area contributed by atoms with Crippen molar-refractivity contribution in [2.75, 3.05) is 0 Å². The smallest absolute Gasteiger partial charge is 0.307 e. The molecule has 0 aliphatic heterocycles. The molecule has 0 aliphatic rings. The average Bonchev–Trinajstić information content (AvgIpc) is 3.75. The van der Waals surface area contributed by atoms with Crippen LogP contribution in [-0.2, 0) is 64.6 Å². The molecule has 0 bridgehead atoms. The van der Waals surface area contributed by atoms with Crippen LogP contribution in [0.4, 0.5) is 0 Å². The van der Waals surface area contributed by atoms with Crippen molar-refractivity contribution < 1.29 is 57.4 Å². The number of esters is 4. The number of aliphatic hydroxyl groups excluding tert-OH is 2. The topological polar surface area (TPSA) is 198 Å². The largest absolute Gasteiger partial charge is 0.461 e. The van der Waals surface area contributed by atoms with Crippen molar-refractivity contribution in [3.05, 3.63) is 104 Å². The van der Waals surface area contributed by atoms with Gasteiger partial charge in [0.15, 0.2) is 11.5 Å². The van der Waals surface area contributed by atoms with Gasteiger partial charge in [0.05, 0.1) is 34.9 Å². The SMILES string of the molecule is CC(C)(C)OC(=O)C[C@@H](CC(=O)OCc1ccccc1)c1cc(CO)on1.CC(C)(C)OC(=O)C[C@@H](CC(=O)OCc1ccccc1)c1noc(CO)c1I. The zero-order valence-electron chi connectivity index (χ0n) is 31.9. The third-order valence-corrected chi connectivity index (χ3v) is 8.54. The van der Waals surface area contributed by atoms with Crippen LogP contribution in [0.3, 0.4) is 0 Å². The van der Waals surface area contributed by atoms with Gasteiger partial charge in [0, 0.05) is 17.9 Å². The first-order valence-electron chi connectivity index (χ1n) is 17.6. The number of carbonyl (C=O) groups is 4. The summed E-state index contributed by atoms with van der Waals surface area (Å²) in [7, 11) is 0. The predicted octanol–water partition coefficient (Wildman–Crippen LogP) is 6.84. The van der Waals surface area contributed by atoms with Crippen LogP contribution < -0.4 is 0 Å². The second-order valence-corrected chi connectivity index (χ2v) is 15.6. The highest BCUT2D eigenvalue weighted by molar-refractivity contribution is 14.1. The number of rotatable bonds is 16. The molecule has 55 heavy (non-hydrogen) atoms. The van der Waals surface area contributed by atoms with E-state index in [4.69, 9.17) is 33.1 Å². The van der Waals surface area contributed by atoms with Crippen molar-refractivity contribution >= 4 is 46.5 Å². The lowest BCUT2D eigenvalue weighted by Crippen LogP contribution is -2.25. The van der Waals surface area contributed by atoms with Crippen LogP contribution in [0.25, 0.3) is 0 Å². The van der Waals surface area contributed by atoms with Crippen LogP contribution >= 0.6 is 22.6 Å². The number of halogens is 1. The number of hydrogen-bond acceptors (Lipinski definition) is 14. The summed E-state index contributed by atoms with van der Waals surface area (Å²) in [6.07, 6.45) is -0.205. The molecule has 0 saturated carbocycles. The van der Waals surface area contributed by atoms with Gasteiger partial charge in [-0.15, -0.1) is 0 Å². The molecule has 2 atom stereocenters. The van der Waals surface area contributed by atoms with E-state index in [0.29, 0.717) is 20.7 Å². The first kappa shape index (κ1) is 44.8. The average molecular weight is 877 g/mol. The van der Waals surface area contributed by atoms with Gasteiger partial charge >= 0.3 is 23.9 Å². The lowest BCUT2D eigenvalue weighted by atomic mass is 9.97. The highest BCUT2D eigenvalue weighted by atomic mass is 127. The predicted molar refractivity (Wildman–Crippen MR) is 206 cm³/mol. The van der Waals surface area contributed by atoms with Crippen LogP contribution in [0.1, 0.15) is 113 Å². The Labute approximate surface area is 334 Å². The summed E-state index contributed by atoms with van der Waals surface area (Å²) < 4.78 is 32.0. The van der Waals surface area contributed by atoms with Gasteiger partial charge in [-0.1, -0.05) is 71.0 Å². The Balaban J connectivity index is 0.000000296.